The van der Waals surface area contributed by atoms with Gasteiger partial charge in [-0.05, 0) is 43.8 Å². The second-order valence-electron chi connectivity index (χ2n) is 7.34. The Hall–Kier alpha value is -3.45. The van der Waals surface area contributed by atoms with Gasteiger partial charge < -0.3 is 19.5 Å². The molecule has 1 atom stereocenters. The molecule has 0 saturated carbocycles. The average Bonchev–Trinajstić information content (AvgIpc) is 3.26. The Labute approximate surface area is 187 Å². The zero-order chi connectivity index (χ0) is 22.0. The van der Waals surface area contributed by atoms with E-state index in [1.54, 1.807) is 7.11 Å². The van der Waals surface area contributed by atoms with Gasteiger partial charge in [0.25, 0.3) is 5.89 Å². The third-order valence-electron chi connectivity index (χ3n) is 5.32. The Kier molecular flexibility index (Phi) is 5.86. The molecule has 7 heteroatoms. The van der Waals surface area contributed by atoms with Gasteiger partial charge in [-0.2, -0.15) is 4.98 Å². The molecule has 0 aliphatic carbocycles. The van der Waals surface area contributed by atoms with Crippen molar-refractivity contribution in [3.63, 3.8) is 0 Å². The van der Waals surface area contributed by atoms with Gasteiger partial charge in [0.05, 0.1) is 18.7 Å². The van der Waals surface area contributed by atoms with Crippen molar-refractivity contribution < 1.29 is 9.26 Å². The van der Waals surface area contributed by atoms with Crippen LogP contribution in [0.2, 0.25) is 0 Å². The van der Waals surface area contributed by atoms with Crippen molar-refractivity contribution in [1.82, 2.24) is 20.4 Å². The molecule has 0 spiro atoms. The number of hydrogen-bond donors (Lipinski definition) is 1. The third kappa shape index (κ3) is 4.09. The van der Waals surface area contributed by atoms with Crippen molar-refractivity contribution >= 4 is 22.9 Å². The first-order chi connectivity index (χ1) is 15.0. The molecule has 1 aliphatic heterocycles. The van der Waals surface area contributed by atoms with Crippen molar-refractivity contribution in [2.24, 2.45) is 0 Å². The molecule has 1 unspecified atom stereocenters. The summed E-state index contributed by atoms with van der Waals surface area (Å²) >= 11 is 5.63. The van der Waals surface area contributed by atoms with E-state index in [0.29, 0.717) is 23.4 Å². The molecule has 31 heavy (non-hydrogen) atoms. The summed E-state index contributed by atoms with van der Waals surface area (Å²) in [5, 5.41) is 8.28. The maximum atomic E-state index is 5.74. The largest absolute Gasteiger partial charge is 0.497 e. The Morgan fingerprint density at radius 3 is 2.52 bits per heavy atom. The number of methoxy groups -OCH3 is 1. The number of ether oxygens (including phenoxy) is 1. The minimum atomic E-state index is -0.231. The number of nitrogens with one attached hydrogen (secondary N) is 1. The summed E-state index contributed by atoms with van der Waals surface area (Å²) in [6.07, 6.45) is 1.81. The highest BCUT2D eigenvalue weighted by Gasteiger charge is 2.33. The second kappa shape index (κ2) is 8.73. The summed E-state index contributed by atoms with van der Waals surface area (Å²) in [5.41, 5.74) is 4.93. The summed E-state index contributed by atoms with van der Waals surface area (Å²) in [6.45, 7) is 8.49. The van der Waals surface area contributed by atoms with E-state index in [4.69, 9.17) is 26.5 Å². The zero-order valence-corrected chi connectivity index (χ0v) is 18.6. The van der Waals surface area contributed by atoms with Crippen LogP contribution in [0.15, 0.2) is 71.4 Å². The van der Waals surface area contributed by atoms with Gasteiger partial charge >= 0.3 is 0 Å². The van der Waals surface area contributed by atoms with Crippen molar-refractivity contribution in [3.05, 3.63) is 83.9 Å². The molecular formula is C24H24N4O2S. The Morgan fingerprint density at radius 1 is 1.16 bits per heavy atom. The van der Waals surface area contributed by atoms with Crippen LogP contribution in [0.1, 0.15) is 30.0 Å². The first-order valence-electron chi connectivity index (χ1n) is 9.96. The Bertz CT molecular complexity index is 1130. The molecule has 1 aromatic heterocycles. The fraction of sp³-hybridized carbons (Fsp3) is 0.208. The number of thiocarbonyl (C=S) groups is 1. The van der Waals surface area contributed by atoms with Gasteiger partial charge in [0, 0.05) is 17.8 Å². The van der Waals surface area contributed by atoms with E-state index in [1.165, 1.54) is 5.56 Å². The third-order valence-corrected chi connectivity index (χ3v) is 5.66. The molecule has 4 rings (SSSR count). The minimum Gasteiger partial charge on any atom is -0.497 e. The second-order valence-corrected chi connectivity index (χ2v) is 7.73. The van der Waals surface area contributed by atoms with E-state index in [-0.39, 0.29) is 6.04 Å². The molecule has 0 amide bonds. The van der Waals surface area contributed by atoms with E-state index in [9.17, 15) is 0 Å². The van der Waals surface area contributed by atoms with Gasteiger partial charge in [0.1, 0.15) is 5.75 Å². The first kappa shape index (κ1) is 20.8. The van der Waals surface area contributed by atoms with Crippen LogP contribution in [0.5, 0.6) is 5.75 Å². The highest BCUT2D eigenvalue weighted by Crippen LogP contribution is 2.37. The van der Waals surface area contributed by atoms with E-state index < -0.39 is 0 Å². The Balaban J connectivity index is 1.79. The first-order valence-corrected chi connectivity index (χ1v) is 10.4. The van der Waals surface area contributed by atoms with Crippen molar-refractivity contribution in [2.45, 2.75) is 19.9 Å². The Morgan fingerprint density at radius 2 is 1.87 bits per heavy atom. The predicted octanol–water partition coefficient (Wildman–Crippen LogP) is 4.90. The SMILES string of the molecule is C=CCN1C(=S)NC(c2ccc(OC)cc2)C(c2nc(-c3ccc(C)cc3)no2)=C1C. The van der Waals surface area contributed by atoms with Crippen LogP contribution >= 0.6 is 12.2 Å². The lowest BCUT2D eigenvalue weighted by Gasteiger charge is -2.36. The van der Waals surface area contributed by atoms with Gasteiger partial charge in [-0.25, -0.2) is 0 Å². The lowest BCUT2D eigenvalue weighted by molar-refractivity contribution is 0.399. The van der Waals surface area contributed by atoms with Crippen LogP contribution in [-0.4, -0.2) is 33.8 Å². The summed E-state index contributed by atoms with van der Waals surface area (Å²) in [5.74, 6) is 1.79. The quantitative estimate of drug-likeness (QED) is 0.439. The molecule has 0 bridgehead atoms. The highest BCUT2D eigenvalue weighted by molar-refractivity contribution is 7.80. The fourth-order valence-electron chi connectivity index (χ4n) is 3.61. The lowest BCUT2D eigenvalue weighted by atomic mass is 9.94. The van der Waals surface area contributed by atoms with Crippen LogP contribution in [0.25, 0.3) is 17.0 Å². The molecule has 6 nitrogen and oxygen atoms in total. The monoisotopic (exact) mass is 432 g/mol. The van der Waals surface area contributed by atoms with Crippen molar-refractivity contribution in [3.8, 4) is 17.1 Å². The van der Waals surface area contributed by atoms with Crippen LogP contribution in [0.3, 0.4) is 0 Å². The molecule has 1 N–H and O–H groups in total. The average molecular weight is 433 g/mol. The topological polar surface area (TPSA) is 63.4 Å². The van der Waals surface area contributed by atoms with Crippen LogP contribution in [0, 0.1) is 6.92 Å². The number of aryl methyl sites for hydroxylation is 1. The number of rotatable bonds is 6. The molecule has 1 aliphatic rings. The van der Waals surface area contributed by atoms with Crippen LogP contribution < -0.4 is 10.1 Å². The number of aromatic nitrogens is 2. The molecule has 2 heterocycles. The normalized spacial score (nSPS) is 16.3. The fourth-order valence-corrected chi connectivity index (χ4v) is 3.94. The van der Waals surface area contributed by atoms with Gasteiger partial charge in [-0.15, -0.1) is 6.58 Å². The summed E-state index contributed by atoms with van der Waals surface area (Å²) in [4.78, 5) is 6.70. The van der Waals surface area contributed by atoms with Gasteiger partial charge in [-0.1, -0.05) is 53.2 Å². The van der Waals surface area contributed by atoms with Crippen molar-refractivity contribution in [1.29, 1.82) is 0 Å². The van der Waals surface area contributed by atoms with Gasteiger partial charge in [-0.3, -0.25) is 0 Å². The van der Waals surface area contributed by atoms with Crippen LogP contribution in [-0.2, 0) is 0 Å². The molecule has 0 fully saturated rings. The summed E-state index contributed by atoms with van der Waals surface area (Å²) in [7, 11) is 1.65. The molecular weight excluding hydrogens is 408 g/mol. The van der Waals surface area contributed by atoms with E-state index in [0.717, 1.165) is 28.1 Å². The van der Waals surface area contributed by atoms with E-state index in [1.807, 2.05) is 73.4 Å². The highest BCUT2D eigenvalue weighted by atomic mass is 32.1. The zero-order valence-electron chi connectivity index (χ0n) is 17.8. The van der Waals surface area contributed by atoms with Crippen molar-refractivity contribution in [2.75, 3.05) is 13.7 Å². The molecule has 0 saturated heterocycles. The standard InChI is InChI=1S/C24H24N4O2S/c1-5-14-28-16(3)20(21(25-24(28)31)17-10-12-19(29-4)13-11-17)23-26-22(27-30-23)18-8-6-15(2)7-9-18/h5-13,21H,1,14H2,2-4H3,(H,25,31). The number of allylic oxidation sites excluding steroid dienone is 1. The maximum absolute atomic E-state index is 5.74. The molecule has 2 aromatic carbocycles. The number of benzene rings is 2. The number of nitrogens with zero attached hydrogens (tertiary/aromatic N) is 3. The van der Waals surface area contributed by atoms with E-state index in [2.05, 4.69) is 17.1 Å². The maximum Gasteiger partial charge on any atom is 0.258 e. The van der Waals surface area contributed by atoms with Gasteiger partial charge in [0.15, 0.2) is 5.11 Å². The minimum absolute atomic E-state index is 0.231. The molecule has 158 valence electrons. The summed E-state index contributed by atoms with van der Waals surface area (Å²) < 4.78 is 11.0. The smallest absolute Gasteiger partial charge is 0.258 e. The van der Waals surface area contributed by atoms with E-state index >= 15 is 0 Å². The van der Waals surface area contributed by atoms with Crippen LogP contribution in [0.4, 0.5) is 0 Å². The molecule has 0 radical (unpaired) electrons. The lowest BCUT2D eigenvalue weighted by Crippen LogP contribution is -2.45. The number of hydrogen-bond acceptors (Lipinski definition) is 5. The van der Waals surface area contributed by atoms with Gasteiger partial charge in [0.2, 0.25) is 5.82 Å². The molecule has 3 aromatic rings. The predicted molar refractivity (Wildman–Crippen MR) is 125 cm³/mol. The summed E-state index contributed by atoms with van der Waals surface area (Å²) in [6, 6.07) is 15.7.